The Morgan fingerprint density at radius 1 is 1.42 bits per heavy atom. The topological polar surface area (TPSA) is 12.0 Å². The first kappa shape index (κ1) is 14.8. The van der Waals surface area contributed by atoms with E-state index < -0.39 is 0 Å². The average molecular weight is 284 g/mol. The zero-order chi connectivity index (χ0) is 13.7. The molecule has 0 saturated heterocycles. The van der Waals surface area contributed by atoms with E-state index in [1.807, 2.05) is 6.07 Å². The fraction of sp³-hybridized carbons (Fsp3) is 0.625. The van der Waals surface area contributed by atoms with E-state index in [0.29, 0.717) is 11.1 Å². The number of halogens is 2. The van der Waals surface area contributed by atoms with Crippen molar-refractivity contribution in [3.05, 3.63) is 34.6 Å². The maximum atomic E-state index is 13.1. The second kappa shape index (κ2) is 7.25. The van der Waals surface area contributed by atoms with Crippen molar-refractivity contribution >= 4 is 11.6 Å². The second-order valence-electron chi connectivity index (χ2n) is 5.62. The summed E-state index contributed by atoms with van der Waals surface area (Å²) in [4.78, 5) is 0. The molecule has 1 unspecified atom stereocenters. The Labute approximate surface area is 120 Å². The minimum atomic E-state index is -0.259. The van der Waals surface area contributed by atoms with E-state index in [9.17, 15) is 4.39 Å². The van der Waals surface area contributed by atoms with Crippen LogP contribution in [0.15, 0.2) is 18.2 Å². The Bertz CT molecular complexity index is 404. The molecule has 1 aliphatic carbocycles. The molecule has 0 aliphatic heterocycles. The lowest BCUT2D eigenvalue weighted by molar-refractivity contribution is 0.259. The van der Waals surface area contributed by atoms with Gasteiger partial charge in [0, 0.05) is 11.1 Å². The molecule has 0 bridgehead atoms. The molecule has 1 fully saturated rings. The van der Waals surface area contributed by atoms with Crippen molar-refractivity contribution in [3.63, 3.8) is 0 Å². The van der Waals surface area contributed by atoms with Crippen LogP contribution in [0.3, 0.4) is 0 Å². The fourth-order valence-corrected chi connectivity index (χ4v) is 2.92. The first-order valence-corrected chi connectivity index (χ1v) is 7.74. The lowest BCUT2D eigenvalue weighted by atomic mass is 9.80. The highest BCUT2D eigenvalue weighted by molar-refractivity contribution is 6.31. The molecule has 3 heteroatoms. The molecule has 1 aliphatic rings. The van der Waals surface area contributed by atoms with Crippen molar-refractivity contribution in [1.29, 1.82) is 0 Å². The molecule has 1 nitrogen and oxygen atoms in total. The normalized spacial score (nSPS) is 17.2. The Kier molecular flexibility index (Phi) is 5.65. The molecule has 19 heavy (non-hydrogen) atoms. The molecule has 106 valence electrons. The first-order chi connectivity index (χ1) is 9.19. The Hall–Kier alpha value is -0.600. The van der Waals surface area contributed by atoms with Gasteiger partial charge in [-0.2, -0.15) is 0 Å². The highest BCUT2D eigenvalue weighted by Gasteiger charge is 2.22. The molecule has 0 amide bonds. The van der Waals surface area contributed by atoms with Crippen LogP contribution in [0.5, 0.6) is 0 Å². The number of benzene rings is 1. The molecule has 0 heterocycles. The summed E-state index contributed by atoms with van der Waals surface area (Å²) in [6.45, 7) is 3.22. The van der Waals surface area contributed by atoms with E-state index in [4.69, 9.17) is 11.6 Å². The van der Waals surface area contributed by atoms with Crippen LogP contribution in [0.25, 0.3) is 0 Å². The summed E-state index contributed by atoms with van der Waals surface area (Å²) in [6, 6.07) is 5.20. The van der Waals surface area contributed by atoms with Gasteiger partial charge in [-0.05, 0) is 49.4 Å². The summed E-state index contributed by atoms with van der Waals surface area (Å²) >= 11 is 6.12. The van der Waals surface area contributed by atoms with Crippen molar-refractivity contribution in [2.45, 2.75) is 51.5 Å². The largest absolute Gasteiger partial charge is 0.314 e. The number of nitrogens with one attached hydrogen (secondary N) is 1. The van der Waals surface area contributed by atoms with Gasteiger partial charge in [0.1, 0.15) is 5.82 Å². The van der Waals surface area contributed by atoms with Crippen LogP contribution in [-0.2, 0) is 6.42 Å². The summed E-state index contributed by atoms with van der Waals surface area (Å²) in [5.41, 5.74) is 1.05. The summed E-state index contributed by atoms with van der Waals surface area (Å²) in [5.74, 6) is 0.611. The van der Waals surface area contributed by atoms with Gasteiger partial charge in [-0.25, -0.2) is 4.39 Å². The average Bonchev–Trinajstić information content (AvgIpc) is 2.33. The highest BCUT2D eigenvalue weighted by Crippen LogP contribution is 2.31. The highest BCUT2D eigenvalue weighted by atomic mass is 35.5. The number of hydrogen-bond donors (Lipinski definition) is 1. The molecule has 1 aromatic rings. The molecular formula is C16H23ClFN. The van der Waals surface area contributed by atoms with Gasteiger partial charge in [0.2, 0.25) is 0 Å². The number of rotatable bonds is 7. The van der Waals surface area contributed by atoms with E-state index in [1.54, 1.807) is 0 Å². The van der Waals surface area contributed by atoms with Gasteiger partial charge in [0.05, 0.1) is 0 Å². The van der Waals surface area contributed by atoms with Crippen LogP contribution < -0.4 is 5.32 Å². The van der Waals surface area contributed by atoms with Gasteiger partial charge in [-0.1, -0.05) is 43.9 Å². The van der Waals surface area contributed by atoms with Gasteiger partial charge in [0.25, 0.3) is 0 Å². The van der Waals surface area contributed by atoms with Crippen LogP contribution in [0.1, 0.15) is 44.6 Å². The summed E-state index contributed by atoms with van der Waals surface area (Å²) < 4.78 is 13.1. The van der Waals surface area contributed by atoms with E-state index in [1.165, 1.54) is 37.8 Å². The summed E-state index contributed by atoms with van der Waals surface area (Å²) in [5, 5.41) is 4.16. The maximum absolute atomic E-state index is 13.1. The van der Waals surface area contributed by atoms with Gasteiger partial charge in [0.15, 0.2) is 0 Å². The molecular weight excluding hydrogens is 261 g/mol. The van der Waals surface area contributed by atoms with Crippen molar-refractivity contribution in [2.24, 2.45) is 5.92 Å². The van der Waals surface area contributed by atoms with E-state index in [-0.39, 0.29) is 5.82 Å². The molecule has 2 rings (SSSR count). The fourth-order valence-electron chi connectivity index (χ4n) is 2.67. The second-order valence-corrected chi connectivity index (χ2v) is 6.03. The minimum Gasteiger partial charge on any atom is -0.314 e. The van der Waals surface area contributed by atoms with Crippen LogP contribution >= 0.6 is 11.6 Å². The first-order valence-electron chi connectivity index (χ1n) is 7.36. The lowest BCUT2D eigenvalue weighted by Crippen LogP contribution is -2.35. The van der Waals surface area contributed by atoms with Gasteiger partial charge < -0.3 is 5.32 Å². The van der Waals surface area contributed by atoms with E-state index >= 15 is 0 Å². The quantitative estimate of drug-likeness (QED) is 0.772. The third-order valence-corrected chi connectivity index (χ3v) is 4.36. The Balaban J connectivity index is 1.96. The van der Waals surface area contributed by atoms with Crippen LogP contribution in [0.2, 0.25) is 5.02 Å². The van der Waals surface area contributed by atoms with E-state index in [0.717, 1.165) is 30.9 Å². The molecule has 0 aromatic heterocycles. The standard InChI is InChI=1S/C16H23ClFN/c1-2-8-19-15(9-12-4-3-5-12)10-13-6-7-14(18)11-16(13)17/h6-7,11-12,15,19H,2-5,8-10H2,1H3. The van der Waals surface area contributed by atoms with Crippen molar-refractivity contribution in [3.8, 4) is 0 Å². The zero-order valence-corrected chi connectivity index (χ0v) is 12.3. The predicted molar refractivity (Wildman–Crippen MR) is 79.2 cm³/mol. The zero-order valence-electron chi connectivity index (χ0n) is 11.6. The van der Waals surface area contributed by atoms with Crippen LogP contribution in [0, 0.1) is 11.7 Å². The number of hydrogen-bond acceptors (Lipinski definition) is 1. The third-order valence-electron chi connectivity index (χ3n) is 4.01. The lowest BCUT2D eigenvalue weighted by Gasteiger charge is -2.30. The summed E-state index contributed by atoms with van der Waals surface area (Å²) in [7, 11) is 0. The summed E-state index contributed by atoms with van der Waals surface area (Å²) in [6.07, 6.45) is 7.35. The Morgan fingerprint density at radius 2 is 2.21 bits per heavy atom. The van der Waals surface area contributed by atoms with Gasteiger partial charge in [-0.3, -0.25) is 0 Å². The van der Waals surface area contributed by atoms with Gasteiger partial charge >= 0.3 is 0 Å². The molecule has 0 radical (unpaired) electrons. The SMILES string of the molecule is CCCNC(Cc1ccc(F)cc1Cl)CC1CCC1. The molecule has 1 aromatic carbocycles. The monoisotopic (exact) mass is 283 g/mol. The maximum Gasteiger partial charge on any atom is 0.124 e. The Morgan fingerprint density at radius 3 is 2.79 bits per heavy atom. The van der Waals surface area contributed by atoms with Crippen LogP contribution in [0.4, 0.5) is 4.39 Å². The molecule has 1 atom stereocenters. The smallest absolute Gasteiger partial charge is 0.124 e. The minimum absolute atomic E-state index is 0.259. The van der Waals surface area contributed by atoms with Crippen LogP contribution in [-0.4, -0.2) is 12.6 Å². The molecule has 1 N–H and O–H groups in total. The van der Waals surface area contributed by atoms with E-state index in [2.05, 4.69) is 12.2 Å². The van der Waals surface area contributed by atoms with Crippen molar-refractivity contribution < 1.29 is 4.39 Å². The van der Waals surface area contributed by atoms with Crippen molar-refractivity contribution in [2.75, 3.05) is 6.54 Å². The third kappa shape index (κ3) is 4.47. The molecule has 0 spiro atoms. The van der Waals surface area contributed by atoms with Gasteiger partial charge in [-0.15, -0.1) is 0 Å². The van der Waals surface area contributed by atoms with Crippen molar-refractivity contribution in [1.82, 2.24) is 5.32 Å². The predicted octanol–water partition coefficient (Wildman–Crippen LogP) is 4.58. The molecule has 1 saturated carbocycles.